The summed E-state index contributed by atoms with van der Waals surface area (Å²) in [6.07, 6.45) is 3.46. The van der Waals surface area contributed by atoms with Gasteiger partial charge in [-0.15, -0.1) is 0 Å². The zero-order chi connectivity index (χ0) is 15.8. The lowest BCUT2D eigenvalue weighted by Crippen LogP contribution is -2.46. The maximum atomic E-state index is 12.3. The average Bonchev–Trinajstić information content (AvgIpc) is 2.65. The standard InChI is InChI=1S/C16H27N3O2/c1-11-13(12(2)19(5)18-11)14(20)17-10-16(21)8-6-15(3,4)7-9-16/h21H,6-10H2,1-5H3,(H,17,20). The van der Waals surface area contributed by atoms with Crippen molar-refractivity contribution in [2.75, 3.05) is 6.54 Å². The molecule has 21 heavy (non-hydrogen) atoms. The van der Waals surface area contributed by atoms with Gasteiger partial charge in [0, 0.05) is 19.3 Å². The molecular weight excluding hydrogens is 266 g/mol. The van der Waals surface area contributed by atoms with Crippen LogP contribution in [0, 0.1) is 19.3 Å². The van der Waals surface area contributed by atoms with Gasteiger partial charge in [0.1, 0.15) is 0 Å². The highest BCUT2D eigenvalue weighted by molar-refractivity contribution is 5.96. The predicted molar refractivity (Wildman–Crippen MR) is 82.2 cm³/mol. The van der Waals surface area contributed by atoms with Gasteiger partial charge in [0.25, 0.3) is 5.91 Å². The van der Waals surface area contributed by atoms with E-state index < -0.39 is 5.60 Å². The fourth-order valence-corrected chi connectivity index (χ4v) is 3.00. The summed E-state index contributed by atoms with van der Waals surface area (Å²) in [6.45, 7) is 8.49. The molecule has 2 rings (SSSR count). The quantitative estimate of drug-likeness (QED) is 0.897. The molecule has 5 heteroatoms. The number of nitrogens with one attached hydrogen (secondary N) is 1. The second-order valence-electron chi connectivity index (χ2n) is 7.24. The molecule has 1 aromatic heterocycles. The van der Waals surface area contributed by atoms with Gasteiger partial charge in [0.15, 0.2) is 0 Å². The van der Waals surface area contributed by atoms with Crippen LogP contribution in [-0.2, 0) is 7.05 Å². The number of aromatic nitrogens is 2. The summed E-state index contributed by atoms with van der Waals surface area (Å²) < 4.78 is 1.71. The number of carbonyl (C=O) groups excluding carboxylic acids is 1. The first kappa shape index (κ1) is 16.0. The van der Waals surface area contributed by atoms with Crippen molar-refractivity contribution in [1.29, 1.82) is 0 Å². The summed E-state index contributed by atoms with van der Waals surface area (Å²) in [7, 11) is 1.83. The van der Waals surface area contributed by atoms with Crippen molar-refractivity contribution in [1.82, 2.24) is 15.1 Å². The van der Waals surface area contributed by atoms with Crippen molar-refractivity contribution >= 4 is 5.91 Å². The Labute approximate surface area is 126 Å². The number of hydrogen-bond acceptors (Lipinski definition) is 3. The number of nitrogens with zero attached hydrogens (tertiary/aromatic N) is 2. The minimum atomic E-state index is -0.769. The summed E-state index contributed by atoms with van der Waals surface area (Å²) in [6, 6.07) is 0. The minimum Gasteiger partial charge on any atom is -0.388 e. The van der Waals surface area contributed by atoms with Crippen LogP contribution >= 0.6 is 0 Å². The smallest absolute Gasteiger partial charge is 0.255 e. The fraction of sp³-hybridized carbons (Fsp3) is 0.750. The number of hydrogen-bond donors (Lipinski definition) is 2. The summed E-state index contributed by atoms with van der Waals surface area (Å²) in [5.41, 5.74) is 1.73. The third-order valence-corrected chi connectivity index (χ3v) is 4.85. The molecule has 0 saturated heterocycles. The Morgan fingerprint density at radius 1 is 1.29 bits per heavy atom. The molecule has 2 N–H and O–H groups in total. The van der Waals surface area contributed by atoms with E-state index in [4.69, 9.17) is 0 Å². The maximum absolute atomic E-state index is 12.3. The molecule has 0 radical (unpaired) electrons. The molecule has 1 fully saturated rings. The normalized spacial score (nSPS) is 20.3. The summed E-state index contributed by atoms with van der Waals surface area (Å²) in [4.78, 5) is 12.3. The van der Waals surface area contributed by atoms with E-state index in [9.17, 15) is 9.90 Å². The lowest BCUT2D eigenvalue weighted by Gasteiger charge is -2.40. The number of aryl methyl sites for hydroxylation is 2. The van der Waals surface area contributed by atoms with Gasteiger partial charge < -0.3 is 10.4 Å². The van der Waals surface area contributed by atoms with Gasteiger partial charge in [-0.05, 0) is 44.9 Å². The monoisotopic (exact) mass is 293 g/mol. The molecule has 0 aliphatic heterocycles. The molecule has 1 amide bonds. The van der Waals surface area contributed by atoms with E-state index in [-0.39, 0.29) is 5.91 Å². The van der Waals surface area contributed by atoms with E-state index >= 15 is 0 Å². The highest BCUT2D eigenvalue weighted by Crippen LogP contribution is 2.39. The van der Waals surface area contributed by atoms with E-state index in [0.29, 0.717) is 17.5 Å². The van der Waals surface area contributed by atoms with Gasteiger partial charge in [-0.25, -0.2) is 0 Å². The first-order chi connectivity index (χ1) is 9.64. The maximum Gasteiger partial charge on any atom is 0.255 e. The van der Waals surface area contributed by atoms with Gasteiger partial charge in [-0.3, -0.25) is 9.48 Å². The first-order valence-corrected chi connectivity index (χ1v) is 7.64. The van der Waals surface area contributed by atoms with Crippen molar-refractivity contribution in [2.24, 2.45) is 12.5 Å². The molecule has 1 aliphatic rings. The Morgan fingerprint density at radius 3 is 2.33 bits per heavy atom. The highest BCUT2D eigenvalue weighted by atomic mass is 16.3. The van der Waals surface area contributed by atoms with E-state index in [1.54, 1.807) is 4.68 Å². The Bertz CT molecular complexity index is 536. The lowest BCUT2D eigenvalue weighted by atomic mass is 9.71. The number of amides is 1. The zero-order valence-electron chi connectivity index (χ0n) is 13.8. The second kappa shape index (κ2) is 5.44. The van der Waals surface area contributed by atoms with Crippen LogP contribution in [0.4, 0.5) is 0 Å². The zero-order valence-corrected chi connectivity index (χ0v) is 13.8. The largest absolute Gasteiger partial charge is 0.388 e. The van der Waals surface area contributed by atoms with Gasteiger partial charge >= 0.3 is 0 Å². The molecular formula is C16H27N3O2. The molecule has 0 spiro atoms. The van der Waals surface area contributed by atoms with Crippen LogP contribution in [0.15, 0.2) is 0 Å². The third-order valence-electron chi connectivity index (χ3n) is 4.85. The average molecular weight is 293 g/mol. The molecule has 0 atom stereocenters. The Morgan fingerprint density at radius 2 is 1.86 bits per heavy atom. The molecule has 0 unspecified atom stereocenters. The molecule has 1 heterocycles. The molecule has 5 nitrogen and oxygen atoms in total. The van der Waals surface area contributed by atoms with Gasteiger partial charge in [0.2, 0.25) is 0 Å². The summed E-state index contributed by atoms with van der Waals surface area (Å²) in [5.74, 6) is -0.142. The van der Waals surface area contributed by atoms with Crippen LogP contribution in [0.25, 0.3) is 0 Å². The van der Waals surface area contributed by atoms with Crippen LogP contribution in [0.5, 0.6) is 0 Å². The van der Waals surface area contributed by atoms with Crippen LogP contribution in [-0.4, -0.2) is 32.9 Å². The minimum absolute atomic E-state index is 0.142. The lowest BCUT2D eigenvalue weighted by molar-refractivity contribution is -0.0233. The summed E-state index contributed by atoms with van der Waals surface area (Å²) in [5, 5.41) is 17.8. The van der Waals surface area contributed by atoms with E-state index in [1.165, 1.54) is 0 Å². The van der Waals surface area contributed by atoms with Gasteiger partial charge in [-0.1, -0.05) is 13.8 Å². The van der Waals surface area contributed by atoms with Crippen molar-refractivity contribution < 1.29 is 9.90 Å². The SMILES string of the molecule is Cc1nn(C)c(C)c1C(=O)NCC1(O)CCC(C)(C)CC1. The van der Waals surface area contributed by atoms with Gasteiger partial charge in [-0.2, -0.15) is 5.10 Å². The predicted octanol–water partition coefficient (Wildman–Crippen LogP) is 2.10. The molecule has 1 aliphatic carbocycles. The third kappa shape index (κ3) is 3.46. The topological polar surface area (TPSA) is 67.2 Å². The van der Waals surface area contributed by atoms with E-state index in [2.05, 4.69) is 24.3 Å². The van der Waals surface area contributed by atoms with E-state index in [1.807, 2.05) is 20.9 Å². The fourth-order valence-electron chi connectivity index (χ4n) is 3.00. The number of rotatable bonds is 3. The molecule has 1 saturated carbocycles. The molecule has 1 aromatic rings. The molecule has 118 valence electrons. The Hall–Kier alpha value is -1.36. The van der Waals surface area contributed by atoms with Crippen molar-refractivity contribution in [3.63, 3.8) is 0 Å². The van der Waals surface area contributed by atoms with Crippen LogP contribution in [0.3, 0.4) is 0 Å². The summed E-state index contributed by atoms with van der Waals surface area (Å²) >= 11 is 0. The molecule has 0 aromatic carbocycles. The second-order valence-corrected chi connectivity index (χ2v) is 7.24. The Kier molecular flexibility index (Phi) is 4.15. The van der Waals surface area contributed by atoms with Crippen LogP contribution in [0.2, 0.25) is 0 Å². The van der Waals surface area contributed by atoms with Crippen LogP contribution < -0.4 is 5.32 Å². The number of aliphatic hydroxyl groups is 1. The van der Waals surface area contributed by atoms with Crippen molar-refractivity contribution in [2.45, 2.75) is 59.0 Å². The molecule has 0 bridgehead atoms. The Balaban J connectivity index is 1.98. The first-order valence-electron chi connectivity index (χ1n) is 7.64. The highest BCUT2D eigenvalue weighted by Gasteiger charge is 2.37. The van der Waals surface area contributed by atoms with Crippen molar-refractivity contribution in [3.05, 3.63) is 17.0 Å². The van der Waals surface area contributed by atoms with Gasteiger partial charge in [0.05, 0.1) is 16.9 Å². The van der Waals surface area contributed by atoms with Crippen molar-refractivity contribution in [3.8, 4) is 0 Å². The van der Waals surface area contributed by atoms with Crippen LogP contribution in [0.1, 0.15) is 61.3 Å². The number of carbonyl (C=O) groups is 1. The van der Waals surface area contributed by atoms with E-state index in [0.717, 1.165) is 37.1 Å².